The first-order valence-corrected chi connectivity index (χ1v) is 5.90. The van der Waals surface area contributed by atoms with Crippen LogP contribution in [0, 0.1) is 11.3 Å². The highest BCUT2D eigenvalue weighted by atomic mass is 35.5. The molecule has 0 spiro atoms. The zero-order valence-electron chi connectivity index (χ0n) is 7.57. The summed E-state index contributed by atoms with van der Waals surface area (Å²) in [6.45, 7) is 0. The topological polar surface area (TPSA) is 96.0 Å². The number of nitrogens with two attached hydrogens (primary N) is 1. The maximum absolute atomic E-state index is 11.2. The quantitative estimate of drug-likeness (QED) is 0.782. The number of nitrogens with zero attached hydrogens (tertiary/aromatic N) is 1. The first-order chi connectivity index (χ1) is 6.94. The van der Waals surface area contributed by atoms with Crippen LogP contribution in [0.4, 0.5) is 11.4 Å². The van der Waals surface area contributed by atoms with Crippen LogP contribution in [-0.2, 0) is 10.0 Å². The molecule has 15 heavy (non-hydrogen) atoms. The average molecular weight is 246 g/mol. The lowest BCUT2D eigenvalue weighted by Gasteiger charge is -2.07. The Morgan fingerprint density at radius 3 is 2.73 bits per heavy atom. The molecule has 0 aliphatic carbocycles. The monoisotopic (exact) mass is 245 g/mol. The van der Waals surface area contributed by atoms with Gasteiger partial charge in [0, 0.05) is 5.69 Å². The lowest BCUT2D eigenvalue weighted by atomic mass is 10.3. The van der Waals surface area contributed by atoms with E-state index in [0.717, 1.165) is 0 Å². The number of nitriles is 1. The van der Waals surface area contributed by atoms with E-state index in [1.54, 1.807) is 6.07 Å². The highest BCUT2D eigenvalue weighted by Crippen LogP contribution is 2.24. The Labute approximate surface area is 92.5 Å². The molecule has 0 aromatic heterocycles. The SMILES string of the molecule is N#CCS(=O)(=O)Nc1ccc(N)cc1Cl. The van der Waals surface area contributed by atoms with Gasteiger partial charge < -0.3 is 5.73 Å². The number of nitrogen functional groups attached to an aromatic ring is 1. The molecule has 0 saturated carbocycles. The lowest BCUT2D eigenvalue weighted by Crippen LogP contribution is -2.15. The average Bonchev–Trinajstić information content (AvgIpc) is 2.09. The van der Waals surface area contributed by atoms with Crippen LogP contribution in [0.5, 0.6) is 0 Å². The van der Waals surface area contributed by atoms with E-state index in [4.69, 9.17) is 22.6 Å². The van der Waals surface area contributed by atoms with Gasteiger partial charge in [-0.15, -0.1) is 0 Å². The maximum Gasteiger partial charge on any atom is 0.246 e. The third-order valence-corrected chi connectivity index (χ3v) is 2.87. The molecule has 1 aromatic carbocycles. The summed E-state index contributed by atoms with van der Waals surface area (Å²) < 4.78 is 24.6. The summed E-state index contributed by atoms with van der Waals surface area (Å²) in [5, 5.41) is 8.46. The van der Waals surface area contributed by atoms with Crippen molar-refractivity contribution in [2.45, 2.75) is 0 Å². The Hall–Kier alpha value is -1.45. The van der Waals surface area contributed by atoms with Gasteiger partial charge in [-0.25, -0.2) is 8.42 Å². The van der Waals surface area contributed by atoms with E-state index >= 15 is 0 Å². The van der Waals surface area contributed by atoms with Gasteiger partial charge in [0.2, 0.25) is 10.0 Å². The number of benzene rings is 1. The van der Waals surface area contributed by atoms with Crippen molar-refractivity contribution in [2.75, 3.05) is 16.2 Å². The van der Waals surface area contributed by atoms with Crippen LogP contribution in [0.1, 0.15) is 0 Å². The summed E-state index contributed by atoms with van der Waals surface area (Å²) in [7, 11) is -3.66. The summed E-state index contributed by atoms with van der Waals surface area (Å²) in [6, 6.07) is 5.91. The van der Waals surface area contributed by atoms with Crippen LogP contribution in [0.15, 0.2) is 18.2 Å². The van der Waals surface area contributed by atoms with Crippen LogP contribution in [0.25, 0.3) is 0 Å². The van der Waals surface area contributed by atoms with Crippen molar-refractivity contribution in [3.63, 3.8) is 0 Å². The number of nitrogens with one attached hydrogen (secondary N) is 1. The molecule has 0 amide bonds. The predicted octanol–water partition coefficient (Wildman–Crippen LogP) is 1.19. The Kier molecular flexibility index (Phi) is 3.39. The molecule has 0 radical (unpaired) electrons. The van der Waals surface area contributed by atoms with E-state index in [1.807, 2.05) is 0 Å². The molecule has 5 nitrogen and oxygen atoms in total. The lowest BCUT2D eigenvalue weighted by molar-refractivity contribution is 0.604. The first kappa shape index (κ1) is 11.6. The normalized spacial score (nSPS) is 10.7. The van der Waals surface area contributed by atoms with E-state index in [1.165, 1.54) is 18.2 Å². The Morgan fingerprint density at radius 2 is 2.20 bits per heavy atom. The van der Waals surface area contributed by atoms with Crippen LogP contribution in [-0.4, -0.2) is 14.2 Å². The zero-order chi connectivity index (χ0) is 11.5. The van der Waals surface area contributed by atoms with Crippen LogP contribution >= 0.6 is 11.6 Å². The highest BCUT2D eigenvalue weighted by Gasteiger charge is 2.11. The molecular formula is C8H8ClN3O2S. The largest absolute Gasteiger partial charge is 0.399 e. The van der Waals surface area contributed by atoms with E-state index in [9.17, 15) is 8.42 Å². The molecule has 1 rings (SSSR count). The Morgan fingerprint density at radius 1 is 1.53 bits per heavy atom. The van der Waals surface area contributed by atoms with Gasteiger partial charge in [0.25, 0.3) is 0 Å². The van der Waals surface area contributed by atoms with E-state index in [0.29, 0.717) is 5.69 Å². The van der Waals surface area contributed by atoms with Crippen molar-refractivity contribution in [3.05, 3.63) is 23.2 Å². The summed E-state index contributed by atoms with van der Waals surface area (Å²) in [5.41, 5.74) is 6.08. The van der Waals surface area contributed by atoms with Crippen molar-refractivity contribution in [3.8, 4) is 6.07 Å². The standard InChI is InChI=1S/C8H8ClN3O2S/c9-7-5-6(11)1-2-8(7)12-15(13,14)4-3-10/h1-2,5,12H,4,11H2. The van der Waals surface area contributed by atoms with Gasteiger partial charge in [-0.2, -0.15) is 5.26 Å². The number of hydrogen-bond donors (Lipinski definition) is 2. The fraction of sp³-hybridized carbons (Fsp3) is 0.125. The summed E-state index contributed by atoms with van der Waals surface area (Å²) in [4.78, 5) is 0. The molecule has 0 aliphatic rings. The van der Waals surface area contributed by atoms with Gasteiger partial charge >= 0.3 is 0 Å². The summed E-state index contributed by atoms with van der Waals surface area (Å²) in [5.74, 6) is -0.617. The molecule has 0 bridgehead atoms. The highest BCUT2D eigenvalue weighted by molar-refractivity contribution is 7.92. The molecule has 0 fully saturated rings. The van der Waals surface area contributed by atoms with E-state index in [2.05, 4.69) is 4.72 Å². The molecule has 1 aromatic rings. The number of halogens is 1. The minimum absolute atomic E-state index is 0.191. The number of hydrogen-bond acceptors (Lipinski definition) is 4. The Bertz CT molecular complexity index is 507. The zero-order valence-corrected chi connectivity index (χ0v) is 9.14. The molecule has 0 unspecified atom stereocenters. The first-order valence-electron chi connectivity index (χ1n) is 3.87. The minimum Gasteiger partial charge on any atom is -0.399 e. The smallest absolute Gasteiger partial charge is 0.246 e. The molecule has 0 saturated heterocycles. The van der Waals surface area contributed by atoms with Crippen molar-refractivity contribution in [2.24, 2.45) is 0 Å². The molecule has 7 heteroatoms. The molecule has 0 atom stereocenters. The molecule has 80 valence electrons. The van der Waals surface area contributed by atoms with Gasteiger partial charge in [0.1, 0.15) is 0 Å². The number of sulfonamides is 1. The third kappa shape index (κ3) is 3.31. The Balaban J connectivity index is 2.96. The fourth-order valence-corrected chi connectivity index (χ4v) is 1.95. The van der Waals surface area contributed by atoms with Crippen molar-refractivity contribution in [1.82, 2.24) is 0 Å². The molecular weight excluding hydrogens is 238 g/mol. The summed E-state index contributed by atoms with van der Waals surface area (Å²) >= 11 is 5.75. The molecule has 0 heterocycles. The predicted molar refractivity (Wildman–Crippen MR) is 58.9 cm³/mol. The van der Waals surface area contributed by atoms with Crippen LogP contribution < -0.4 is 10.5 Å². The van der Waals surface area contributed by atoms with Gasteiger partial charge in [-0.3, -0.25) is 4.72 Å². The summed E-state index contributed by atoms with van der Waals surface area (Å²) in [6.07, 6.45) is 0. The van der Waals surface area contributed by atoms with Gasteiger partial charge in [-0.05, 0) is 18.2 Å². The van der Waals surface area contributed by atoms with Gasteiger partial charge in [0.15, 0.2) is 5.75 Å². The van der Waals surface area contributed by atoms with Gasteiger partial charge in [-0.1, -0.05) is 11.6 Å². The second kappa shape index (κ2) is 4.38. The second-order valence-corrected chi connectivity index (χ2v) is 4.89. The maximum atomic E-state index is 11.2. The van der Waals surface area contributed by atoms with E-state index in [-0.39, 0.29) is 10.7 Å². The number of anilines is 2. The van der Waals surface area contributed by atoms with Crippen molar-refractivity contribution >= 4 is 33.0 Å². The van der Waals surface area contributed by atoms with Crippen molar-refractivity contribution in [1.29, 1.82) is 5.26 Å². The minimum atomic E-state index is -3.66. The van der Waals surface area contributed by atoms with Crippen LogP contribution in [0.3, 0.4) is 0 Å². The third-order valence-electron chi connectivity index (χ3n) is 1.51. The fourth-order valence-electron chi connectivity index (χ4n) is 0.903. The molecule has 0 aliphatic heterocycles. The molecule has 3 N–H and O–H groups in total. The van der Waals surface area contributed by atoms with Crippen molar-refractivity contribution < 1.29 is 8.42 Å². The second-order valence-electron chi connectivity index (χ2n) is 2.76. The van der Waals surface area contributed by atoms with Gasteiger partial charge in [0.05, 0.1) is 16.8 Å². The van der Waals surface area contributed by atoms with Crippen LogP contribution in [0.2, 0.25) is 5.02 Å². The van der Waals surface area contributed by atoms with E-state index < -0.39 is 15.8 Å². The number of rotatable bonds is 3.